The van der Waals surface area contributed by atoms with Gasteiger partial charge in [0.15, 0.2) is 0 Å². The van der Waals surface area contributed by atoms with Gasteiger partial charge in [-0.2, -0.15) is 4.31 Å². The van der Waals surface area contributed by atoms with Crippen molar-refractivity contribution in [3.05, 3.63) is 29.8 Å². The molecule has 1 aromatic carbocycles. The summed E-state index contributed by atoms with van der Waals surface area (Å²) in [4.78, 5) is 14.9. The highest BCUT2D eigenvalue weighted by Gasteiger charge is 2.66. The number of para-hydroxylation sites is 1. The number of carbonyl (C=O) groups excluding carboxylic acids is 1. The van der Waals surface area contributed by atoms with Crippen molar-refractivity contribution in [1.82, 2.24) is 9.62 Å². The highest BCUT2D eigenvalue weighted by molar-refractivity contribution is 7.89. The zero-order valence-corrected chi connectivity index (χ0v) is 21.6. The quantitative estimate of drug-likeness (QED) is 0.531. The second-order valence-electron chi connectivity index (χ2n) is 11.1. The molecule has 0 aromatic heterocycles. The number of hydrogen-bond acceptors (Lipinski definition) is 6. The Morgan fingerprint density at radius 2 is 1.88 bits per heavy atom. The topological polar surface area (TPSA) is 116 Å². The number of nitrogens with one attached hydrogen (secondary N) is 1. The van der Waals surface area contributed by atoms with E-state index in [1.54, 1.807) is 4.31 Å². The van der Waals surface area contributed by atoms with Gasteiger partial charge in [-0.3, -0.25) is 4.79 Å². The molecule has 1 aliphatic heterocycles. The molecule has 1 heterocycles. The summed E-state index contributed by atoms with van der Waals surface area (Å²) in [6.07, 6.45) is 1.53. The smallest absolute Gasteiger partial charge is 0.239 e. The molecule has 1 amide bonds. The van der Waals surface area contributed by atoms with E-state index < -0.39 is 33.5 Å². The molecular formula is C25H40N4O4S. The number of nitrogens with two attached hydrogens (primary N) is 1. The fourth-order valence-corrected chi connectivity index (χ4v) is 8.92. The van der Waals surface area contributed by atoms with Crippen LogP contribution in [0.2, 0.25) is 0 Å². The molecule has 190 valence electrons. The van der Waals surface area contributed by atoms with Crippen molar-refractivity contribution >= 4 is 21.6 Å². The monoisotopic (exact) mass is 492 g/mol. The van der Waals surface area contributed by atoms with E-state index in [0.717, 1.165) is 24.9 Å². The third-order valence-electron chi connectivity index (χ3n) is 9.10. The van der Waals surface area contributed by atoms with Gasteiger partial charge in [0, 0.05) is 43.3 Å². The van der Waals surface area contributed by atoms with E-state index in [9.17, 15) is 18.3 Å². The molecule has 5 atom stereocenters. The van der Waals surface area contributed by atoms with E-state index in [2.05, 4.69) is 43.1 Å². The van der Waals surface area contributed by atoms with Crippen LogP contribution in [0.1, 0.15) is 45.6 Å². The second kappa shape index (κ2) is 9.08. The maximum Gasteiger partial charge on any atom is 0.239 e. The van der Waals surface area contributed by atoms with E-state index in [-0.39, 0.29) is 17.2 Å². The normalized spacial score (nSPS) is 30.8. The minimum absolute atomic E-state index is 0.0305. The number of nitrogens with zero attached hydrogens (tertiary/aromatic N) is 2. The van der Waals surface area contributed by atoms with E-state index in [1.165, 1.54) is 12.5 Å². The van der Waals surface area contributed by atoms with Crippen molar-refractivity contribution < 1.29 is 18.3 Å². The molecule has 34 heavy (non-hydrogen) atoms. The number of aliphatic hydroxyl groups excluding tert-OH is 1. The van der Waals surface area contributed by atoms with Crippen LogP contribution >= 0.6 is 0 Å². The van der Waals surface area contributed by atoms with E-state index >= 15 is 0 Å². The van der Waals surface area contributed by atoms with Gasteiger partial charge in [0.05, 0.1) is 11.9 Å². The molecule has 2 bridgehead atoms. The first-order valence-electron chi connectivity index (χ1n) is 12.4. The predicted octanol–water partition coefficient (Wildman–Crippen LogP) is 1.47. The van der Waals surface area contributed by atoms with Crippen LogP contribution in [0, 0.1) is 23.7 Å². The van der Waals surface area contributed by atoms with Crippen molar-refractivity contribution in [2.24, 2.45) is 22.5 Å². The van der Waals surface area contributed by atoms with Crippen LogP contribution in [-0.4, -0.2) is 73.9 Å². The fraction of sp³-hybridized carbons (Fsp3) is 0.720. The Morgan fingerprint density at radius 1 is 1.24 bits per heavy atom. The molecule has 4 rings (SSSR count). The summed E-state index contributed by atoms with van der Waals surface area (Å²) in [6, 6.07) is 6.91. The fourth-order valence-electron chi connectivity index (χ4n) is 6.65. The summed E-state index contributed by atoms with van der Waals surface area (Å²) in [6.45, 7) is 10.1. The average Bonchev–Trinajstić information content (AvgIpc) is 3.13. The molecule has 3 unspecified atom stereocenters. The van der Waals surface area contributed by atoms with Gasteiger partial charge in [-0.15, -0.1) is 0 Å². The van der Waals surface area contributed by atoms with Crippen molar-refractivity contribution in [3.8, 4) is 0 Å². The number of piperazine rings is 1. The molecule has 1 saturated heterocycles. The highest BCUT2D eigenvalue weighted by atomic mass is 32.2. The van der Waals surface area contributed by atoms with Crippen LogP contribution in [0.3, 0.4) is 0 Å². The van der Waals surface area contributed by atoms with Gasteiger partial charge in [0.25, 0.3) is 0 Å². The van der Waals surface area contributed by atoms with Crippen molar-refractivity contribution in [2.75, 3.05) is 36.8 Å². The SMILES string of the molecule is Cc1ccccc1N1CCN(S(=O)(=O)CC23CCC(CC2NC(=O)[C@@H](N)[C@H](C)O)C3(C)C)CC1. The molecule has 1 aromatic rings. The standard InChI is InChI=1S/C25H40N4O4S/c1-17-7-5-6-8-20(17)28-11-13-29(14-12-28)34(32,33)16-25-10-9-19(24(25,3)4)15-21(25)27-23(31)22(26)18(2)30/h5-8,18-19,21-22,30H,9-16,26H2,1-4H3,(H,27,31)/t18-,19?,21?,22-,25?/m0/s1. The van der Waals surface area contributed by atoms with Gasteiger partial charge in [-0.1, -0.05) is 32.0 Å². The number of anilines is 1. The summed E-state index contributed by atoms with van der Waals surface area (Å²) in [5.41, 5.74) is 7.46. The Balaban J connectivity index is 1.50. The molecule has 2 saturated carbocycles. The minimum atomic E-state index is -3.53. The van der Waals surface area contributed by atoms with Gasteiger partial charge in [0.1, 0.15) is 6.04 Å². The Kier molecular flexibility index (Phi) is 6.78. The molecule has 4 N–H and O–H groups in total. The van der Waals surface area contributed by atoms with Gasteiger partial charge < -0.3 is 21.1 Å². The molecule has 2 aliphatic carbocycles. The molecule has 0 radical (unpaired) electrons. The van der Waals surface area contributed by atoms with Crippen LogP contribution in [0.25, 0.3) is 0 Å². The number of aliphatic hydroxyl groups is 1. The number of rotatable bonds is 7. The first-order chi connectivity index (χ1) is 15.9. The molecule has 3 fully saturated rings. The van der Waals surface area contributed by atoms with Crippen molar-refractivity contribution in [3.63, 3.8) is 0 Å². The second-order valence-corrected chi connectivity index (χ2v) is 13.1. The van der Waals surface area contributed by atoms with Crippen LogP contribution in [-0.2, 0) is 14.8 Å². The van der Waals surface area contributed by atoms with Gasteiger partial charge >= 0.3 is 0 Å². The zero-order valence-electron chi connectivity index (χ0n) is 20.8. The lowest BCUT2D eigenvalue weighted by atomic mass is 9.69. The number of amides is 1. The lowest BCUT2D eigenvalue weighted by Crippen LogP contribution is -2.58. The van der Waals surface area contributed by atoms with Gasteiger partial charge in [-0.25, -0.2) is 8.42 Å². The minimum Gasteiger partial charge on any atom is -0.391 e. The third-order valence-corrected chi connectivity index (χ3v) is 11.1. The Bertz CT molecular complexity index is 1020. The molecule has 9 heteroatoms. The van der Waals surface area contributed by atoms with Crippen LogP contribution in [0.4, 0.5) is 5.69 Å². The number of carbonyl (C=O) groups is 1. The van der Waals surface area contributed by atoms with E-state index in [1.807, 2.05) is 12.1 Å². The number of benzene rings is 1. The third kappa shape index (κ3) is 4.25. The predicted molar refractivity (Wildman–Crippen MR) is 134 cm³/mol. The number of sulfonamides is 1. The lowest BCUT2D eigenvalue weighted by Gasteiger charge is -2.44. The maximum atomic E-state index is 13.7. The number of fused-ring (bicyclic) bond motifs is 2. The van der Waals surface area contributed by atoms with Crippen LogP contribution < -0.4 is 16.0 Å². The number of aryl methyl sites for hydroxylation is 1. The van der Waals surface area contributed by atoms with Crippen molar-refractivity contribution in [2.45, 2.75) is 65.1 Å². The summed E-state index contributed by atoms with van der Waals surface area (Å²) >= 11 is 0. The van der Waals surface area contributed by atoms with Gasteiger partial charge in [0.2, 0.25) is 15.9 Å². The first-order valence-corrected chi connectivity index (χ1v) is 14.0. The highest BCUT2D eigenvalue weighted by Crippen LogP contribution is 2.66. The number of hydrogen-bond donors (Lipinski definition) is 3. The maximum absolute atomic E-state index is 13.7. The molecule has 0 spiro atoms. The summed E-state index contributed by atoms with van der Waals surface area (Å²) in [5, 5.41) is 12.8. The van der Waals surface area contributed by atoms with Gasteiger partial charge in [-0.05, 0) is 56.1 Å². The van der Waals surface area contributed by atoms with Crippen LogP contribution in [0.15, 0.2) is 24.3 Å². The largest absolute Gasteiger partial charge is 0.391 e. The summed E-state index contributed by atoms with van der Waals surface area (Å²) in [5.74, 6) is -0.0245. The van der Waals surface area contributed by atoms with E-state index in [0.29, 0.717) is 32.1 Å². The lowest BCUT2D eigenvalue weighted by molar-refractivity contribution is -0.126. The molecule has 3 aliphatic rings. The summed E-state index contributed by atoms with van der Waals surface area (Å²) < 4.78 is 29.1. The Labute approximate surface area is 203 Å². The van der Waals surface area contributed by atoms with Crippen molar-refractivity contribution in [1.29, 1.82) is 0 Å². The van der Waals surface area contributed by atoms with E-state index in [4.69, 9.17) is 5.73 Å². The zero-order chi connectivity index (χ0) is 24.9. The Morgan fingerprint density at radius 3 is 2.47 bits per heavy atom. The van der Waals surface area contributed by atoms with Crippen LogP contribution in [0.5, 0.6) is 0 Å². The molecular weight excluding hydrogens is 452 g/mol. The first kappa shape index (κ1) is 25.4. The summed E-state index contributed by atoms with van der Waals surface area (Å²) in [7, 11) is -3.53. The average molecular weight is 493 g/mol. The molecule has 8 nitrogen and oxygen atoms in total. The Hall–Kier alpha value is -1.68.